The number of ether oxygens (including phenoxy) is 3. The third-order valence-corrected chi connectivity index (χ3v) is 4.39. The molecule has 0 aliphatic rings. The molecule has 0 radical (unpaired) electrons. The van der Waals surface area contributed by atoms with Crippen molar-refractivity contribution in [3.8, 4) is 0 Å². The quantitative estimate of drug-likeness (QED) is 0.147. The Morgan fingerprint density at radius 3 is 2.15 bits per heavy atom. The van der Waals surface area contributed by atoms with Gasteiger partial charge in [-0.15, -0.1) is 0 Å². The molecular weight excluding hydrogens is 430 g/mol. The molecule has 11 nitrogen and oxygen atoms in total. The van der Waals surface area contributed by atoms with E-state index in [9.17, 15) is 14.4 Å². The highest BCUT2D eigenvalue weighted by Gasteiger charge is 2.19. The van der Waals surface area contributed by atoms with Crippen LogP contribution in [0.4, 0.5) is 0 Å². The second-order valence-corrected chi connectivity index (χ2v) is 7.12. The first-order valence-corrected chi connectivity index (χ1v) is 11.1. The van der Waals surface area contributed by atoms with E-state index in [0.717, 1.165) is 5.56 Å². The van der Waals surface area contributed by atoms with Crippen LogP contribution < -0.4 is 27.4 Å². The summed E-state index contributed by atoms with van der Waals surface area (Å²) >= 11 is 0. The number of hydrogen-bond donors (Lipinski definition) is 5. The van der Waals surface area contributed by atoms with Crippen LogP contribution in [0.3, 0.4) is 0 Å². The van der Waals surface area contributed by atoms with Gasteiger partial charge in [-0.05, 0) is 12.0 Å². The molecule has 0 fully saturated rings. The van der Waals surface area contributed by atoms with Crippen LogP contribution in [0.5, 0.6) is 0 Å². The molecule has 11 heteroatoms. The summed E-state index contributed by atoms with van der Waals surface area (Å²) in [6, 6.07) is 8.91. The SMILES string of the molecule is NCCOCCOCCOCCNC(=O)CNC(=O)[C@H](CCC(N)=O)NCc1ccccc1. The average Bonchev–Trinajstić information content (AvgIpc) is 2.81. The Morgan fingerprint density at radius 2 is 1.52 bits per heavy atom. The van der Waals surface area contributed by atoms with Crippen molar-refractivity contribution in [3.63, 3.8) is 0 Å². The summed E-state index contributed by atoms with van der Waals surface area (Å²) in [5.41, 5.74) is 11.5. The molecule has 7 N–H and O–H groups in total. The van der Waals surface area contributed by atoms with Crippen LogP contribution in [0.15, 0.2) is 30.3 Å². The molecule has 3 amide bonds. The molecule has 1 aromatic carbocycles. The molecule has 1 atom stereocenters. The first-order chi connectivity index (χ1) is 16.0. The molecule has 186 valence electrons. The molecule has 0 aliphatic carbocycles. The number of hydrogen-bond acceptors (Lipinski definition) is 8. The van der Waals surface area contributed by atoms with Crippen molar-refractivity contribution in [1.82, 2.24) is 16.0 Å². The minimum absolute atomic E-state index is 0.0633. The molecule has 1 aromatic rings. The molecule has 0 bridgehead atoms. The Kier molecular flexibility index (Phi) is 16.3. The summed E-state index contributed by atoms with van der Waals surface area (Å²) in [5.74, 6) is -1.19. The van der Waals surface area contributed by atoms with Gasteiger partial charge in [0.25, 0.3) is 0 Å². The maximum atomic E-state index is 12.5. The van der Waals surface area contributed by atoms with Gasteiger partial charge in [-0.3, -0.25) is 14.4 Å². The second kappa shape index (κ2) is 18.9. The van der Waals surface area contributed by atoms with Crippen LogP contribution >= 0.6 is 0 Å². The summed E-state index contributed by atoms with van der Waals surface area (Å²) in [7, 11) is 0. The summed E-state index contributed by atoms with van der Waals surface area (Å²) in [6.07, 6.45) is 0.304. The van der Waals surface area contributed by atoms with Crippen molar-refractivity contribution in [1.29, 1.82) is 0 Å². The van der Waals surface area contributed by atoms with E-state index in [-0.39, 0.29) is 31.2 Å². The predicted molar refractivity (Wildman–Crippen MR) is 123 cm³/mol. The molecule has 0 saturated heterocycles. The summed E-state index contributed by atoms with van der Waals surface area (Å²) in [4.78, 5) is 35.6. The fraction of sp³-hybridized carbons (Fsp3) is 0.591. The average molecular weight is 468 g/mol. The topological polar surface area (TPSA) is 167 Å². The van der Waals surface area contributed by atoms with Gasteiger partial charge in [0.1, 0.15) is 0 Å². The summed E-state index contributed by atoms with van der Waals surface area (Å²) in [5, 5.41) is 8.36. The van der Waals surface area contributed by atoms with Gasteiger partial charge in [0.2, 0.25) is 17.7 Å². The van der Waals surface area contributed by atoms with Gasteiger partial charge >= 0.3 is 0 Å². The van der Waals surface area contributed by atoms with Crippen LogP contribution in [0.25, 0.3) is 0 Å². The van der Waals surface area contributed by atoms with Gasteiger partial charge in [0.15, 0.2) is 0 Å². The number of carbonyl (C=O) groups is 3. The van der Waals surface area contributed by atoms with Crippen molar-refractivity contribution in [2.45, 2.75) is 25.4 Å². The molecule has 0 heterocycles. The number of nitrogens with two attached hydrogens (primary N) is 2. The highest BCUT2D eigenvalue weighted by Crippen LogP contribution is 2.02. The van der Waals surface area contributed by atoms with Gasteiger partial charge in [-0.25, -0.2) is 0 Å². The molecule has 0 spiro atoms. The normalized spacial score (nSPS) is 11.7. The van der Waals surface area contributed by atoms with E-state index in [1.165, 1.54) is 0 Å². The number of carbonyl (C=O) groups excluding carboxylic acids is 3. The zero-order valence-electron chi connectivity index (χ0n) is 19.1. The monoisotopic (exact) mass is 467 g/mol. The van der Waals surface area contributed by atoms with Crippen LogP contribution in [0.2, 0.25) is 0 Å². The van der Waals surface area contributed by atoms with Gasteiger partial charge in [-0.2, -0.15) is 0 Å². The van der Waals surface area contributed by atoms with Gasteiger partial charge < -0.3 is 41.6 Å². The van der Waals surface area contributed by atoms with E-state index >= 15 is 0 Å². The lowest BCUT2D eigenvalue weighted by molar-refractivity contribution is -0.127. The van der Waals surface area contributed by atoms with Crippen LogP contribution in [0, 0.1) is 0 Å². The van der Waals surface area contributed by atoms with Crippen molar-refractivity contribution in [2.24, 2.45) is 11.5 Å². The first kappa shape index (κ1) is 28.5. The smallest absolute Gasteiger partial charge is 0.239 e. The Morgan fingerprint density at radius 1 is 0.879 bits per heavy atom. The lowest BCUT2D eigenvalue weighted by Gasteiger charge is -2.18. The first-order valence-electron chi connectivity index (χ1n) is 11.1. The zero-order valence-corrected chi connectivity index (χ0v) is 19.1. The lowest BCUT2D eigenvalue weighted by atomic mass is 10.1. The van der Waals surface area contributed by atoms with Crippen molar-refractivity contribution < 1.29 is 28.6 Å². The minimum atomic E-state index is -0.644. The third kappa shape index (κ3) is 15.8. The van der Waals surface area contributed by atoms with E-state index in [0.29, 0.717) is 59.3 Å². The fourth-order valence-electron chi connectivity index (χ4n) is 2.69. The molecule has 0 saturated carbocycles. The Bertz CT molecular complexity index is 677. The van der Waals surface area contributed by atoms with Crippen LogP contribution in [-0.2, 0) is 35.1 Å². The van der Waals surface area contributed by atoms with Crippen LogP contribution in [-0.4, -0.2) is 83.0 Å². The lowest BCUT2D eigenvalue weighted by Crippen LogP contribution is -2.47. The fourth-order valence-corrected chi connectivity index (χ4v) is 2.69. The number of nitrogens with one attached hydrogen (secondary N) is 3. The number of primary amides is 1. The number of benzene rings is 1. The van der Waals surface area contributed by atoms with Crippen LogP contribution in [0.1, 0.15) is 18.4 Å². The zero-order chi connectivity index (χ0) is 24.2. The third-order valence-electron chi connectivity index (χ3n) is 4.39. The number of amides is 3. The van der Waals surface area contributed by atoms with E-state index in [1.807, 2.05) is 30.3 Å². The van der Waals surface area contributed by atoms with E-state index in [4.69, 9.17) is 25.7 Å². The maximum absolute atomic E-state index is 12.5. The molecule has 0 unspecified atom stereocenters. The van der Waals surface area contributed by atoms with E-state index in [2.05, 4.69) is 16.0 Å². The Labute approximate surface area is 194 Å². The van der Waals surface area contributed by atoms with E-state index in [1.54, 1.807) is 0 Å². The predicted octanol–water partition coefficient (Wildman–Crippen LogP) is -1.35. The van der Waals surface area contributed by atoms with Crippen molar-refractivity contribution >= 4 is 17.7 Å². The molecule has 33 heavy (non-hydrogen) atoms. The molecule has 1 rings (SSSR count). The minimum Gasteiger partial charge on any atom is -0.378 e. The molecule has 0 aromatic heterocycles. The summed E-state index contributed by atoms with van der Waals surface area (Å²) in [6.45, 7) is 3.70. The molecule has 0 aliphatic heterocycles. The molecular formula is C22H37N5O6. The Balaban J connectivity index is 2.17. The van der Waals surface area contributed by atoms with Crippen molar-refractivity contribution in [3.05, 3.63) is 35.9 Å². The van der Waals surface area contributed by atoms with Gasteiger partial charge in [0, 0.05) is 26.1 Å². The van der Waals surface area contributed by atoms with Gasteiger partial charge in [-0.1, -0.05) is 30.3 Å². The highest BCUT2D eigenvalue weighted by atomic mass is 16.5. The highest BCUT2D eigenvalue weighted by molar-refractivity contribution is 5.87. The van der Waals surface area contributed by atoms with E-state index < -0.39 is 11.9 Å². The van der Waals surface area contributed by atoms with Gasteiger partial charge in [0.05, 0.1) is 52.2 Å². The second-order valence-electron chi connectivity index (χ2n) is 7.12. The largest absolute Gasteiger partial charge is 0.378 e. The Hall–Kier alpha value is -2.57. The standard InChI is InChI=1S/C22H37N5O6/c23-8-10-31-12-14-33-15-13-32-11-9-25-21(29)17-27-22(30)19(6-7-20(24)28)26-16-18-4-2-1-3-5-18/h1-5,19,26H,6-17,23H2,(H2,24,28)(H,25,29)(H,27,30)/t19-/m0/s1. The maximum Gasteiger partial charge on any atom is 0.239 e. The van der Waals surface area contributed by atoms with Crippen molar-refractivity contribution in [2.75, 3.05) is 59.3 Å². The summed E-state index contributed by atoms with van der Waals surface area (Å²) < 4.78 is 15.9. The number of rotatable bonds is 20.